The van der Waals surface area contributed by atoms with Gasteiger partial charge in [0.05, 0.1) is 37.8 Å². The van der Waals surface area contributed by atoms with Crippen LogP contribution in [0.15, 0.2) is 12.2 Å². The van der Waals surface area contributed by atoms with Crippen molar-refractivity contribution < 1.29 is 19.1 Å². The lowest BCUT2D eigenvalue weighted by Crippen LogP contribution is -2.50. The zero-order valence-electron chi connectivity index (χ0n) is 17.3. The summed E-state index contributed by atoms with van der Waals surface area (Å²) in [5.74, 6) is -0.202. The number of nitrogens with zero attached hydrogens (tertiary/aromatic N) is 3. The van der Waals surface area contributed by atoms with E-state index in [9.17, 15) is 9.59 Å². The summed E-state index contributed by atoms with van der Waals surface area (Å²) >= 11 is 0. The van der Waals surface area contributed by atoms with Crippen molar-refractivity contribution in [1.82, 2.24) is 14.7 Å². The highest BCUT2D eigenvalue weighted by atomic mass is 16.5. The Kier molecular flexibility index (Phi) is 7.88. The molecule has 2 unspecified atom stereocenters. The van der Waals surface area contributed by atoms with Crippen molar-refractivity contribution in [3.05, 3.63) is 12.2 Å². The first kappa shape index (κ1) is 21.3. The van der Waals surface area contributed by atoms with Gasteiger partial charge >= 0.3 is 0 Å². The van der Waals surface area contributed by atoms with E-state index in [1.165, 1.54) is 0 Å². The van der Waals surface area contributed by atoms with E-state index in [4.69, 9.17) is 9.47 Å². The van der Waals surface area contributed by atoms with Gasteiger partial charge in [0, 0.05) is 32.7 Å². The molecule has 2 atom stereocenters. The second-order valence-electron chi connectivity index (χ2n) is 8.29. The molecule has 0 spiro atoms. The predicted molar refractivity (Wildman–Crippen MR) is 107 cm³/mol. The Labute approximate surface area is 168 Å². The molecule has 7 nitrogen and oxygen atoms in total. The smallest absolute Gasteiger partial charge is 0.226 e. The molecule has 0 N–H and O–H groups in total. The molecule has 2 amide bonds. The van der Waals surface area contributed by atoms with Gasteiger partial charge in [-0.1, -0.05) is 12.2 Å². The third kappa shape index (κ3) is 5.55. The lowest BCUT2D eigenvalue weighted by atomic mass is 9.80. The van der Waals surface area contributed by atoms with Crippen LogP contribution in [0.4, 0.5) is 0 Å². The molecule has 2 saturated heterocycles. The van der Waals surface area contributed by atoms with E-state index < -0.39 is 0 Å². The SMILES string of the molecule is CN(C)CCOC1CCN(C(=O)C2CC=CCC2C(=O)N2CCOCC2)CC1. The van der Waals surface area contributed by atoms with Gasteiger partial charge in [0.25, 0.3) is 0 Å². The van der Waals surface area contributed by atoms with Gasteiger partial charge in [0.2, 0.25) is 11.8 Å². The quantitative estimate of drug-likeness (QED) is 0.630. The molecule has 0 aromatic heterocycles. The van der Waals surface area contributed by atoms with Crippen molar-refractivity contribution in [2.45, 2.75) is 31.8 Å². The highest BCUT2D eigenvalue weighted by molar-refractivity contribution is 5.88. The molecule has 2 heterocycles. The monoisotopic (exact) mass is 393 g/mol. The minimum Gasteiger partial charge on any atom is -0.378 e. The number of amides is 2. The lowest BCUT2D eigenvalue weighted by molar-refractivity contribution is -0.150. The average Bonchev–Trinajstić information content (AvgIpc) is 2.73. The number of morpholine rings is 1. The Morgan fingerprint density at radius 3 is 2.04 bits per heavy atom. The van der Waals surface area contributed by atoms with Gasteiger partial charge in [0.1, 0.15) is 0 Å². The number of piperidine rings is 1. The van der Waals surface area contributed by atoms with Crippen LogP contribution < -0.4 is 0 Å². The highest BCUT2D eigenvalue weighted by Crippen LogP contribution is 2.30. The van der Waals surface area contributed by atoms with Crippen LogP contribution in [-0.4, -0.2) is 99.3 Å². The molecule has 158 valence electrons. The second kappa shape index (κ2) is 10.4. The zero-order valence-corrected chi connectivity index (χ0v) is 17.3. The molecule has 0 aromatic rings. The van der Waals surface area contributed by atoms with Crippen LogP contribution in [0.1, 0.15) is 25.7 Å². The van der Waals surface area contributed by atoms with E-state index in [1.54, 1.807) is 0 Å². The number of carbonyl (C=O) groups is 2. The van der Waals surface area contributed by atoms with Gasteiger partial charge in [-0.15, -0.1) is 0 Å². The number of ether oxygens (including phenoxy) is 2. The maximum atomic E-state index is 13.2. The van der Waals surface area contributed by atoms with E-state index in [0.717, 1.165) is 39.1 Å². The fraction of sp³-hybridized carbons (Fsp3) is 0.810. The van der Waals surface area contributed by atoms with Crippen molar-refractivity contribution >= 4 is 11.8 Å². The largest absolute Gasteiger partial charge is 0.378 e. The molecule has 0 saturated carbocycles. The first-order valence-electron chi connectivity index (χ1n) is 10.6. The molecule has 0 aromatic carbocycles. The van der Waals surface area contributed by atoms with Crippen LogP contribution >= 0.6 is 0 Å². The number of likely N-dealkylation sites (N-methyl/N-ethyl adjacent to an activating group) is 1. The van der Waals surface area contributed by atoms with Crippen molar-refractivity contribution in [3.63, 3.8) is 0 Å². The number of hydrogen-bond acceptors (Lipinski definition) is 5. The van der Waals surface area contributed by atoms with Crippen molar-refractivity contribution in [2.24, 2.45) is 11.8 Å². The Morgan fingerprint density at radius 1 is 0.964 bits per heavy atom. The summed E-state index contributed by atoms with van der Waals surface area (Å²) in [6.07, 6.45) is 7.44. The second-order valence-corrected chi connectivity index (χ2v) is 8.29. The van der Waals surface area contributed by atoms with Crippen LogP contribution in [-0.2, 0) is 19.1 Å². The van der Waals surface area contributed by atoms with Crippen molar-refractivity contribution in [3.8, 4) is 0 Å². The minimum absolute atomic E-state index is 0.118. The van der Waals surface area contributed by atoms with Crippen LogP contribution in [0, 0.1) is 11.8 Å². The Balaban J connectivity index is 1.52. The van der Waals surface area contributed by atoms with Crippen molar-refractivity contribution in [2.75, 3.05) is 66.6 Å². The Morgan fingerprint density at radius 2 is 1.50 bits per heavy atom. The summed E-state index contributed by atoms with van der Waals surface area (Å²) in [6.45, 7) is 5.55. The average molecular weight is 394 g/mol. The number of hydrogen-bond donors (Lipinski definition) is 0. The molecular formula is C21H35N3O4. The van der Waals surface area contributed by atoms with E-state index >= 15 is 0 Å². The molecule has 2 fully saturated rings. The summed E-state index contributed by atoms with van der Waals surface area (Å²) < 4.78 is 11.3. The van der Waals surface area contributed by atoms with Gasteiger partial charge in [0.15, 0.2) is 0 Å². The molecule has 3 aliphatic rings. The van der Waals surface area contributed by atoms with Crippen LogP contribution in [0.3, 0.4) is 0 Å². The lowest BCUT2D eigenvalue weighted by Gasteiger charge is -2.38. The van der Waals surface area contributed by atoms with Gasteiger partial charge < -0.3 is 24.2 Å². The van der Waals surface area contributed by atoms with Gasteiger partial charge in [-0.25, -0.2) is 0 Å². The van der Waals surface area contributed by atoms with Crippen LogP contribution in [0.5, 0.6) is 0 Å². The predicted octanol–water partition coefficient (Wildman–Crippen LogP) is 0.997. The van der Waals surface area contributed by atoms with Gasteiger partial charge in [-0.3, -0.25) is 9.59 Å². The summed E-state index contributed by atoms with van der Waals surface area (Å²) in [5, 5.41) is 0. The van der Waals surface area contributed by atoms with Crippen LogP contribution in [0.2, 0.25) is 0 Å². The van der Waals surface area contributed by atoms with E-state index in [2.05, 4.69) is 17.1 Å². The Bertz CT molecular complexity index is 552. The van der Waals surface area contributed by atoms with Gasteiger partial charge in [-0.05, 0) is 39.8 Å². The zero-order chi connectivity index (χ0) is 19.9. The third-order valence-electron chi connectivity index (χ3n) is 6.04. The molecule has 7 heteroatoms. The van der Waals surface area contributed by atoms with E-state index in [1.807, 2.05) is 23.9 Å². The molecule has 0 bridgehead atoms. The minimum atomic E-state index is -0.232. The molecular weight excluding hydrogens is 358 g/mol. The molecule has 3 rings (SSSR count). The van der Waals surface area contributed by atoms with E-state index in [0.29, 0.717) is 39.1 Å². The molecule has 1 aliphatic carbocycles. The standard InChI is InChI=1S/C21H35N3O4/c1-22(2)11-16-28-17-7-9-23(10-8-17)20(25)18-5-3-4-6-19(18)21(26)24-12-14-27-15-13-24/h3-4,17-19H,5-16H2,1-2H3. The summed E-state index contributed by atoms with van der Waals surface area (Å²) in [5.41, 5.74) is 0. The number of allylic oxidation sites excluding steroid dienone is 2. The topological polar surface area (TPSA) is 62.3 Å². The van der Waals surface area contributed by atoms with Crippen molar-refractivity contribution in [1.29, 1.82) is 0 Å². The molecule has 28 heavy (non-hydrogen) atoms. The number of carbonyl (C=O) groups excluding carboxylic acids is 2. The van der Waals surface area contributed by atoms with Crippen LogP contribution in [0.25, 0.3) is 0 Å². The fourth-order valence-corrected chi connectivity index (χ4v) is 4.26. The Hall–Kier alpha value is -1.44. The van der Waals surface area contributed by atoms with Gasteiger partial charge in [-0.2, -0.15) is 0 Å². The van der Waals surface area contributed by atoms with E-state index in [-0.39, 0.29) is 29.8 Å². The number of likely N-dealkylation sites (tertiary alicyclic amines) is 1. The first-order chi connectivity index (χ1) is 13.6. The summed E-state index contributed by atoms with van der Waals surface area (Å²) in [6, 6.07) is 0. The third-order valence-corrected chi connectivity index (χ3v) is 6.04. The normalized spacial score (nSPS) is 26.7. The highest BCUT2D eigenvalue weighted by Gasteiger charge is 2.39. The first-order valence-corrected chi connectivity index (χ1v) is 10.6. The maximum Gasteiger partial charge on any atom is 0.226 e. The fourth-order valence-electron chi connectivity index (χ4n) is 4.26. The molecule has 2 aliphatic heterocycles. The maximum absolute atomic E-state index is 13.2. The summed E-state index contributed by atoms with van der Waals surface area (Å²) in [4.78, 5) is 32.2. The number of rotatable bonds is 6. The summed E-state index contributed by atoms with van der Waals surface area (Å²) in [7, 11) is 4.08. The molecule has 0 radical (unpaired) electrons.